The topological polar surface area (TPSA) is 37.3 Å². The molecule has 0 unspecified atom stereocenters. The lowest BCUT2D eigenvalue weighted by Gasteiger charge is -2.03. The highest BCUT2D eigenvalue weighted by molar-refractivity contribution is 9.10. The highest BCUT2D eigenvalue weighted by atomic mass is 79.9. The molecule has 0 radical (unpaired) electrons. The van der Waals surface area contributed by atoms with Crippen molar-refractivity contribution in [1.82, 2.24) is 0 Å². The summed E-state index contributed by atoms with van der Waals surface area (Å²) >= 11 is 3.23. The minimum atomic E-state index is -0.866. The van der Waals surface area contributed by atoms with E-state index in [1.165, 1.54) is 12.8 Å². The molecule has 0 amide bonds. The van der Waals surface area contributed by atoms with Gasteiger partial charge in [0.25, 0.3) is 0 Å². The molecule has 1 fully saturated rings. The maximum atomic E-state index is 10.8. The van der Waals surface area contributed by atoms with E-state index in [9.17, 15) is 4.79 Å². The number of hydrogen-bond acceptors (Lipinski definition) is 1. The largest absolute Gasteiger partial charge is 0.478 e. The number of hydrogen-bond donors (Lipinski definition) is 1. The zero-order valence-corrected chi connectivity index (χ0v) is 9.25. The number of carboxylic acids is 1. The van der Waals surface area contributed by atoms with E-state index in [0.29, 0.717) is 10.0 Å². The van der Waals surface area contributed by atoms with Crippen molar-refractivity contribution in [3.05, 3.63) is 33.8 Å². The molecule has 0 heterocycles. The highest BCUT2D eigenvalue weighted by Crippen LogP contribution is 2.33. The monoisotopic (exact) mass is 254 g/mol. The number of aromatic carboxylic acids is 1. The lowest BCUT2D eigenvalue weighted by molar-refractivity contribution is 0.0696. The van der Waals surface area contributed by atoms with Gasteiger partial charge in [-0.25, -0.2) is 4.79 Å². The van der Waals surface area contributed by atoms with Crippen molar-refractivity contribution in [2.24, 2.45) is 5.92 Å². The fourth-order valence-corrected chi connectivity index (χ4v) is 1.93. The smallest absolute Gasteiger partial charge is 0.336 e. The Morgan fingerprint density at radius 3 is 2.79 bits per heavy atom. The van der Waals surface area contributed by atoms with Crippen LogP contribution < -0.4 is 0 Å². The Labute approximate surface area is 91.1 Å². The molecule has 1 saturated carbocycles. The van der Waals surface area contributed by atoms with Crippen LogP contribution in [0.4, 0.5) is 0 Å². The van der Waals surface area contributed by atoms with Crippen LogP contribution >= 0.6 is 15.9 Å². The molecule has 14 heavy (non-hydrogen) atoms. The predicted molar refractivity (Wildman–Crippen MR) is 57.5 cm³/mol. The molecule has 0 bridgehead atoms. The molecule has 0 atom stereocenters. The third kappa shape index (κ3) is 2.15. The first-order valence-electron chi connectivity index (χ1n) is 4.68. The Morgan fingerprint density at radius 1 is 1.50 bits per heavy atom. The Hall–Kier alpha value is -0.830. The third-order valence-corrected chi connectivity index (χ3v) is 3.17. The van der Waals surface area contributed by atoms with Crippen LogP contribution in [0.1, 0.15) is 28.8 Å². The lowest BCUT2D eigenvalue weighted by Crippen LogP contribution is -1.99. The van der Waals surface area contributed by atoms with Gasteiger partial charge in [0.2, 0.25) is 0 Å². The normalized spacial score (nSPS) is 15.5. The van der Waals surface area contributed by atoms with E-state index in [-0.39, 0.29) is 0 Å². The van der Waals surface area contributed by atoms with E-state index in [4.69, 9.17) is 5.11 Å². The summed E-state index contributed by atoms with van der Waals surface area (Å²) in [7, 11) is 0. The van der Waals surface area contributed by atoms with Crippen molar-refractivity contribution in [2.45, 2.75) is 19.3 Å². The van der Waals surface area contributed by atoms with E-state index in [2.05, 4.69) is 15.9 Å². The lowest BCUT2D eigenvalue weighted by atomic mass is 10.1. The van der Waals surface area contributed by atoms with Gasteiger partial charge in [-0.1, -0.05) is 6.07 Å². The van der Waals surface area contributed by atoms with Crippen LogP contribution in [-0.4, -0.2) is 11.1 Å². The fraction of sp³-hybridized carbons (Fsp3) is 0.364. The summed E-state index contributed by atoms with van der Waals surface area (Å²) in [6.07, 6.45) is 3.60. The second-order valence-corrected chi connectivity index (χ2v) is 4.62. The van der Waals surface area contributed by atoms with E-state index in [1.54, 1.807) is 6.07 Å². The maximum absolute atomic E-state index is 10.8. The predicted octanol–water partition coefficient (Wildman–Crippen LogP) is 3.10. The van der Waals surface area contributed by atoms with E-state index in [0.717, 1.165) is 17.9 Å². The summed E-state index contributed by atoms with van der Waals surface area (Å²) in [5.41, 5.74) is 1.50. The molecule has 1 aliphatic rings. The second-order valence-electron chi connectivity index (χ2n) is 3.77. The first kappa shape index (κ1) is 9.71. The molecule has 74 valence electrons. The van der Waals surface area contributed by atoms with Gasteiger partial charge >= 0.3 is 5.97 Å². The minimum absolute atomic E-state index is 0.364. The summed E-state index contributed by atoms with van der Waals surface area (Å²) in [6.45, 7) is 0. The van der Waals surface area contributed by atoms with Crippen LogP contribution in [0.2, 0.25) is 0 Å². The highest BCUT2D eigenvalue weighted by Gasteiger charge is 2.22. The number of carbonyl (C=O) groups is 1. The van der Waals surface area contributed by atoms with Crippen molar-refractivity contribution in [3.63, 3.8) is 0 Å². The number of carboxylic acid groups (broad SMARTS) is 1. The summed E-state index contributed by atoms with van der Waals surface area (Å²) in [5.74, 6) is -0.0765. The van der Waals surface area contributed by atoms with Crippen molar-refractivity contribution in [2.75, 3.05) is 0 Å². The van der Waals surface area contributed by atoms with Crippen LogP contribution in [0.5, 0.6) is 0 Å². The average Bonchev–Trinajstić information content (AvgIpc) is 2.92. The Bertz CT molecular complexity index is 370. The first-order valence-corrected chi connectivity index (χ1v) is 5.48. The van der Waals surface area contributed by atoms with Crippen LogP contribution in [0.25, 0.3) is 0 Å². The van der Waals surface area contributed by atoms with Gasteiger partial charge < -0.3 is 5.11 Å². The third-order valence-electron chi connectivity index (χ3n) is 2.48. The Balaban J connectivity index is 2.24. The van der Waals surface area contributed by atoms with Crippen LogP contribution in [0.15, 0.2) is 22.7 Å². The zero-order valence-electron chi connectivity index (χ0n) is 7.66. The van der Waals surface area contributed by atoms with Gasteiger partial charge in [0.1, 0.15) is 0 Å². The van der Waals surface area contributed by atoms with E-state index in [1.807, 2.05) is 12.1 Å². The summed E-state index contributed by atoms with van der Waals surface area (Å²) in [4.78, 5) is 10.8. The molecular formula is C11H11BrO2. The second kappa shape index (κ2) is 3.73. The van der Waals surface area contributed by atoms with E-state index >= 15 is 0 Å². The fourth-order valence-electron chi connectivity index (χ4n) is 1.52. The molecule has 0 aliphatic heterocycles. The van der Waals surface area contributed by atoms with Crippen LogP contribution in [-0.2, 0) is 6.42 Å². The number of halogens is 1. The van der Waals surface area contributed by atoms with Crippen LogP contribution in [0, 0.1) is 5.92 Å². The van der Waals surface area contributed by atoms with Crippen molar-refractivity contribution < 1.29 is 9.90 Å². The summed E-state index contributed by atoms with van der Waals surface area (Å²) < 4.78 is 0.657. The van der Waals surface area contributed by atoms with Crippen molar-refractivity contribution >= 4 is 21.9 Å². The molecular weight excluding hydrogens is 244 g/mol. The van der Waals surface area contributed by atoms with Gasteiger partial charge in [0, 0.05) is 4.47 Å². The van der Waals surface area contributed by atoms with Gasteiger partial charge in [-0.2, -0.15) is 0 Å². The Morgan fingerprint density at radius 2 is 2.21 bits per heavy atom. The summed E-state index contributed by atoms with van der Waals surface area (Å²) in [6, 6.07) is 5.58. The molecule has 3 heteroatoms. The molecule has 0 saturated heterocycles. The quantitative estimate of drug-likeness (QED) is 0.901. The molecule has 1 aromatic rings. The SMILES string of the molecule is O=C(O)c1cc(CC2CC2)ccc1Br. The average molecular weight is 255 g/mol. The maximum Gasteiger partial charge on any atom is 0.336 e. The molecule has 2 rings (SSSR count). The van der Waals surface area contributed by atoms with Gasteiger partial charge in [-0.05, 0) is 58.8 Å². The van der Waals surface area contributed by atoms with Gasteiger partial charge in [0.05, 0.1) is 5.56 Å². The number of rotatable bonds is 3. The Kier molecular flexibility index (Phi) is 2.59. The van der Waals surface area contributed by atoms with Crippen LogP contribution in [0.3, 0.4) is 0 Å². The van der Waals surface area contributed by atoms with E-state index < -0.39 is 5.97 Å². The molecule has 0 spiro atoms. The molecule has 0 aromatic heterocycles. The van der Waals surface area contributed by atoms with Gasteiger partial charge in [0.15, 0.2) is 0 Å². The number of benzene rings is 1. The summed E-state index contributed by atoms with van der Waals surface area (Å²) in [5, 5.41) is 8.91. The van der Waals surface area contributed by atoms with Crippen molar-refractivity contribution in [1.29, 1.82) is 0 Å². The molecule has 1 aliphatic carbocycles. The molecule has 1 aromatic carbocycles. The first-order chi connectivity index (χ1) is 6.66. The van der Waals surface area contributed by atoms with Gasteiger partial charge in [-0.15, -0.1) is 0 Å². The standard InChI is InChI=1S/C11H11BrO2/c12-10-4-3-8(5-7-1-2-7)6-9(10)11(13)14/h3-4,6-7H,1-2,5H2,(H,13,14). The van der Waals surface area contributed by atoms with Gasteiger partial charge in [-0.3, -0.25) is 0 Å². The zero-order chi connectivity index (χ0) is 10.1. The van der Waals surface area contributed by atoms with Crippen molar-refractivity contribution in [3.8, 4) is 0 Å². The molecule has 2 nitrogen and oxygen atoms in total. The minimum Gasteiger partial charge on any atom is -0.478 e. The molecule has 1 N–H and O–H groups in total.